The van der Waals surface area contributed by atoms with Crippen molar-refractivity contribution >= 4 is 23.3 Å². The SMILES string of the molecule is Cc1cc(N2CC[C@@](C)(C3CC3)C2=O)cc(NC(=O)Cc2cc(C#N)cc(-c3cnn(C)c3)c2)n1. The minimum Gasteiger partial charge on any atom is -0.312 e. The Hall–Kier alpha value is -3.99. The summed E-state index contributed by atoms with van der Waals surface area (Å²) < 4.78 is 1.69. The van der Waals surface area contributed by atoms with E-state index in [1.165, 1.54) is 0 Å². The summed E-state index contributed by atoms with van der Waals surface area (Å²) in [6, 6.07) is 11.2. The Balaban J connectivity index is 1.33. The van der Waals surface area contributed by atoms with E-state index < -0.39 is 0 Å². The summed E-state index contributed by atoms with van der Waals surface area (Å²) in [7, 11) is 1.83. The summed E-state index contributed by atoms with van der Waals surface area (Å²) in [6.45, 7) is 4.62. The molecule has 5 rings (SSSR count). The fraction of sp³-hybridized carbons (Fsp3) is 0.370. The molecule has 1 aliphatic carbocycles. The van der Waals surface area contributed by atoms with Gasteiger partial charge >= 0.3 is 0 Å². The molecule has 1 atom stereocenters. The third-order valence-corrected chi connectivity index (χ3v) is 7.11. The van der Waals surface area contributed by atoms with Crippen molar-refractivity contribution in [1.29, 1.82) is 5.26 Å². The van der Waals surface area contributed by atoms with Gasteiger partial charge in [-0.05, 0) is 61.4 Å². The largest absolute Gasteiger partial charge is 0.312 e. The van der Waals surface area contributed by atoms with Crippen LogP contribution < -0.4 is 10.2 Å². The minimum absolute atomic E-state index is 0.0934. The Morgan fingerprint density at radius 2 is 2.03 bits per heavy atom. The standard InChI is InChI=1S/C27H28N6O2/c1-17-8-23(33-7-6-27(2,26(33)35)22-4-5-22)13-24(30-17)31-25(34)12-18-9-19(14-28)11-20(10-18)21-15-29-32(3)16-21/h8-11,13,15-16,22H,4-7,12H2,1-3H3,(H,30,31,34)/t27-/m0/s1. The molecule has 8 nitrogen and oxygen atoms in total. The van der Waals surface area contributed by atoms with Crippen LogP contribution in [0.5, 0.6) is 0 Å². The Morgan fingerprint density at radius 1 is 1.23 bits per heavy atom. The van der Waals surface area contributed by atoms with Crippen molar-refractivity contribution in [3.05, 3.63) is 59.5 Å². The van der Waals surface area contributed by atoms with E-state index in [2.05, 4.69) is 28.4 Å². The number of aromatic nitrogens is 3. The summed E-state index contributed by atoms with van der Waals surface area (Å²) >= 11 is 0. The van der Waals surface area contributed by atoms with Crippen LogP contribution in [0.15, 0.2) is 42.7 Å². The lowest BCUT2D eigenvalue weighted by molar-refractivity contribution is -0.125. The number of anilines is 2. The Morgan fingerprint density at radius 3 is 2.71 bits per heavy atom. The molecule has 1 aliphatic heterocycles. The first kappa shape index (κ1) is 22.8. The van der Waals surface area contributed by atoms with Gasteiger partial charge in [0.2, 0.25) is 11.8 Å². The van der Waals surface area contributed by atoms with Crippen molar-refractivity contribution in [2.75, 3.05) is 16.8 Å². The molecule has 2 aromatic heterocycles. The van der Waals surface area contributed by atoms with Gasteiger partial charge in [0.05, 0.1) is 29.7 Å². The second kappa shape index (κ2) is 8.66. The number of benzene rings is 1. The zero-order valence-corrected chi connectivity index (χ0v) is 20.2. The van der Waals surface area contributed by atoms with Crippen molar-refractivity contribution < 1.29 is 9.59 Å². The van der Waals surface area contributed by atoms with Crippen LogP contribution in [-0.4, -0.2) is 33.1 Å². The van der Waals surface area contributed by atoms with E-state index in [1.807, 2.05) is 37.2 Å². The number of carbonyl (C=O) groups excluding carboxylic acids is 2. The van der Waals surface area contributed by atoms with E-state index in [-0.39, 0.29) is 23.7 Å². The van der Waals surface area contributed by atoms with Crippen molar-refractivity contribution in [3.63, 3.8) is 0 Å². The van der Waals surface area contributed by atoms with Crippen molar-refractivity contribution in [3.8, 4) is 17.2 Å². The van der Waals surface area contributed by atoms with Crippen LogP contribution in [0.1, 0.15) is 43.0 Å². The fourth-order valence-corrected chi connectivity index (χ4v) is 5.04. The summed E-state index contributed by atoms with van der Waals surface area (Å²) in [6.07, 6.45) is 6.80. The first-order valence-electron chi connectivity index (χ1n) is 11.9. The van der Waals surface area contributed by atoms with Crippen molar-refractivity contribution in [1.82, 2.24) is 14.8 Å². The van der Waals surface area contributed by atoms with E-state index in [1.54, 1.807) is 29.1 Å². The molecule has 1 aromatic carbocycles. The molecule has 2 fully saturated rings. The quantitative estimate of drug-likeness (QED) is 0.589. The lowest BCUT2D eigenvalue weighted by atomic mass is 9.83. The Bertz CT molecular complexity index is 1370. The smallest absolute Gasteiger partial charge is 0.233 e. The normalized spacial score (nSPS) is 19.6. The van der Waals surface area contributed by atoms with E-state index in [0.717, 1.165) is 47.3 Å². The van der Waals surface area contributed by atoms with Crippen LogP contribution in [0.3, 0.4) is 0 Å². The highest BCUT2D eigenvalue weighted by Crippen LogP contribution is 2.52. The molecular weight excluding hydrogens is 440 g/mol. The lowest BCUT2D eigenvalue weighted by Gasteiger charge is -2.23. The number of pyridine rings is 1. The average molecular weight is 469 g/mol. The highest BCUT2D eigenvalue weighted by Gasteiger charge is 2.52. The van der Waals surface area contributed by atoms with Gasteiger partial charge < -0.3 is 10.2 Å². The van der Waals surface area contributed by atoms with E-state index >= 15 is 0 Å². The average Bonchev–Trinajstić information content (AvgIpc) is 3.52. The second-order valence-electron chi connectivity index (χ2n) is 9.91. The first-order valence-corrected chi connectivity index (χ1v) is 11.9. The molecule has 0 radical (unpaired) electrons. The predicted octanol–water partition coefficient (Wildman–Crippen LogP) is 4.00. The minimum atomic E-state index is -0.279. The predicted molar refractivity (Wildman–Crippen MR) is 132 cm³/mol. The van der Waals surface area contributed by atoms with Gasteiger partial charge in [0.1, 0.15) is 5.82 Å². The zero-order chi connectivity index (χ0) is 24.7. The Kier molecular flexibility index (Phi) is 5.64. The molecule has 3 aromatic rings. The van der Waals surface area contributed by atoms with Gasteiger partial charge in [0.25, 0.3) is 0 Å². The van der Waals surface area contributed by atoms with E-state index in [0.29, 0.717) is 23.8 Å². The second-order valence-corrected chi connectivity index (χ2v) is 9.91. The highest BCUT2D eigenvalue weighted by atomic mass is 16.2. The maximum absolute atomic E-state index is 13.2. The number of hydrogen-bond donors (Lipinski definition) is 1. The molecule has 2 amide bonds. The van der Waals surface area contributed by atoms with Crippen LogP contribution in [0, 0.1) is 29.6 Å². The van der Waals surface area contributed by atoms with Gasteiger partial charge in [-0.1, -0.05) is 13.0 Å². The Labute approximate surface area is 204 Å². The molecule has 1 N–H and O–H groups in total. The summed E-state index contributed by atoms with van der Waals surface area (Å²) in [5, 5.41) is 16.5. The van der Waals surface area contributed by atoms with Crippen molar-refractivity contribution in [2.24, 2.45) is 18.4 Å². The van der Waals surface area contributed by atoms with Crippen LogP contribution >= 0.6 is 0 Å². The summed E-state index contributed by atoms with van der Waals surface area (Å²) in [4.78, 5) is 32.4. The fourth-order valence-electron chi connectivity index (χ4n) is 5.04. The molecule has 1 saturated carbocycles. The van der Waals surface area contributed by atoms with Gasteiger partial charge in [-0.3, -0.25) is 14.3 Å². The van der Waals surface area contributed by atoms with Crippen LogP contribution in [0.25, 0.3) is 11.1 Å². The number of rotatable bonds is 6. The molecule has 1 saturated heterocycles. The topological polar surface area (TPSA) is 104 Å². The van der Waals surface area contributed by atoms with E-state index in [4.69, 9.17) is 0 Å². The lowest BCUT2D eigenvalue weighted by Crippen LogP contribution is -2.34. The first-order chi connectivity index (χ1) is 16.7. The maximum Gasteiger partial charge on any atom is 0.233 e. The molecule has 178 valence electrons. The number of hydrogen-bond acceptors (Lipinski definition) is 5. The zero-order valence-electron chi connectivity index (χ0n) is 20.2. The van der Waals surface area contributed by atoms with Crippen LogP contribution in [0.2, 0.25) is 0 Å². The molecular formula is C27H28N6O2. The van der Waals surface area contributed by atoms with Gasteiger partial charge in [0.15, 0.2) is 0 Å². The molecule has 0 spiro atoms. The van der Waals surface area contributed by atoms with Crippen LogP contribution in [-0.2, 0) is 23.1 Å². The van der Waals surface area contributed by atoms with E-state index in [9.17, 15) is 14.9 Å². The van der Waals surface area contributed by atoms with Gasteiger partial charge in [-0.25, -0.2) is 4.98 Å². The van der Waals surface area contributed by atoms with Crippen LogP contribution in [0.4, 0.5) is 11.5 Å². The molecule has 2 aliphatic rings. The molecule has 0 bridgehead atoms. The van der Waals surface area contributed by atoms with Crippen molar-refractivity contribution in [2.45, 2.75) is 39.5 Å². The highest BCUT2D eigenvalue weighted by molar-refractivity contribution is 6.01. The van der Waals surface area contributed by atoms with Gasteiger partial charge in [0, 0.05) is 42.8 Å². The number of carbonyl (C=O) groups is 2. The number of nitrogens with zero attached hydrogens (tertiary/aromatic N) is 5. The number of aryl methyl sites for hydroxylation is 2. The molecule has 0 unspecified atom stereocenters. The summed E-state index contributed by atoms with van der Waals surface area (Å²) in [5.41, 5.74) is 4.15. The number of nitriles is 1. The molecule has 35 heavy (non-hydrogen) atoms. The monoisotopic (exact) mass is 468 g/mol. The summed E-state index contributed by atoms with van der Waals surface area (Å²) in [5.74, 6) is 0.834. The van der Waals surface area contributed by atoms with Gasteiger partial charge in [-0.15, -0.1) is 0 Å². The van der Waals surface area contributed by atoms with Gasteiger partial charge in [-0.2, -0.15) is 10.4 Å². The molecule has 3 heterocycles. The molecule has 8 heteroatoms. The third kappa shape index (κ3) is 4.54. The number of nitrogens with one attached hydrogen (secondary N) is 1. The third-order valence-electron chi connectivity index (χ3n) is 7.11. The number of amides is 2. The maximum atomic E-state index is 13.2.